The second-order valence-corrected chi connectivity index (χ2v) is 4.26. The van der Waals surface area contributed by atoms with Crippen molar-refractivity contribution in [3.8, 4) is 0 Å². The minimum atomic E-state index is -0.178. The fourth-order valence-electron chi connectivity index (χ4n) is 1.76. The molecular formula is C14H16N4O. The Labute approximate surface area is 112 Å². The monoisotopic (exact) mass is 256 g/mol. The number of hydrogen-bond acceptors (Lipinski definition) is 4. The number of benzene rings is 1. The number of aryl methyl sites for hydroxylation is 1. The molecule has 0 aliphatic rings. The van der Waals surface area contributed by atoms with E-state index in [1.54, 1.807) is 30.1 Å². The largest absolute Gasteiger partial charge is 0.310 e. The van der Waals surface area contributed by atoms with Crippen LogP contribution in [0.5, 0.6) is 0 Å². The van der Waals surface area contributed by atoms with Gasteiger partial charge in [0, 0.05) is 12.7 Å². The van der Waals surface area contributed by atoms with Gasteiger partial charge in [-0.15, -0.1) is 0 Å². The van der Waals surface area contributed by atoms with Crippen molar-refractivity contribution in [2.75, 3.05) is 17.4 Å². The average Bonchev–Trinajstić information content (AvgIpc) is 2.45. The molecule has 19 heavy (non-hydrogen) atoms. The summed E-state index contributed by atoms with van der Waals surface area (Å²) in [6.45, 7) is 1.99. The molecule has 0 saturated carbocycles. The second kappa shape index (κ2) is 5.49. The highest BCUT2D eigenvalue weighted by atomic mass is 16.2. The van der Waals surface area contributed by atoms with Gasteiger partial charge in [-0.3, -0.25) is 4.79 Å². The average molecular weight is 256 g/mol. The minimum absolute atomic E-state index is 0.178. The van der Waals surface area contributed by atoms with E-state index in [0.29, 0.717) is 11.5 Å². The van der Waals surface area contributed by atoms with Gasteiger partial charge in [0.1, 0.15) is 11.5 Å². The van der Waals surface area contributed by atoms with E-state index in [-0.39, 0.29) is 5.91 Å². The lowest BCUT2D eigenvalue weighted by molar-refractivity contribution is 0.0988. The Bertz CT molecular complexity index is 598. The van der Waals surface area contributed by atoms with Gasteiger partial charge in [-0.1, -0.05) is 18.2 Å². The lowest BCUT2D eigenvalue weighted by Crippen LogP contribution is -2.27. The molecule has 0 radical (unpaired) electrons. The molecule has 2 rings (SSSR count). The third kappa shape index (κ3) is 2.89. The number of anilines is 2. The van der Waals surface area contributed by atoms with Crippen molar-refractivity contribution in [1.82, 2.24) is 4.98 Å². The molecule has 0 unspecified atom stereocenters. The van der Waals surface area contributed by atoms with Gasteiger partial charge < -0.3 is 10.3 Å². The molecule has 5 nitrogen and oxygen atoms in total. The van der Waals surface area contributed by atoms with E-state index in [9.17, 15) is 4.79 Å². The lowest BCUT2D eigenvalue weighted by Gasteiger charge is -2.17. The number of nitrogens with two attached hydrogens (primary N) is 1. The first kappa shape index (κ1) is 13.0. The van der Waals surface area contributed by atoms with Crippen molar-refractivity contribution in [2.24, 2.45) is 5.84 Å². The highest BCUT2D eigenvalue weighted by molar-refractivity contribution is 6.04. The fourth-order valence-corrected chi connectivity index (χ4v) is 1.76. The van der Waals surface area contributed by atoms with Crippen LogP contribution >= 0.6 is 0 Å². The van der Waals surface area contributed by atoms with E-state index in [2.05, 4.69) is 10.4 Å². The zero-order valence-electron chi connectivity index (χ0n) is 10.9. The van der Waals surface area contributed by atoms with Gasteiger partial charge in [-0.05, 0) is 36.8 Å². The standard InChI is InChI=1S/C14H16N4O/c1-10-5-3-6-11(9-10)18(2)14(19)12-7-4-8-13(16-12)17-15/h3-9H,15H2,1-2H3,(H,16,17). The van der Waals surface area contributed by atoms with Crippen molar-refractivity contribution in [2.45, 2.75) is 6.92 Å². The van der Waals surface area contributed by atoms with Crippen molar-refractivity contribution < 1.29 is 4.79 Å². The number of nitrogens with one attached hydrogen (secondary N) is 1. The first-order valence-corrected chi connectivity index (χ1v) is 5.90. The molecule has 3 N–H and O–H groups in total. The summed E-state index contributed by atoms with van der Waals surface area (Å²) in [7, 11) is 1.72. The van der Waals surface area contributed by atoms with Crippen LogP contribution in [0.25, 0.3) is 0 Å². The molecule has 1 aromatic carbocycles. The van der Waals surface area contributed by atoms with Crippen molar-refractivity contribution in [1.29, 1.82) is 0 Å². The van der Waals surface area contributed by atoms with Crippen LogP contribution in [0.4, 0.5) is 11.5 Å². The summed E-state index contributed by atoms with van der Waals surface area (Å²) in [6, 6.07) is 12.8. The molecule has 0 saturated heterocycles. The maximum atomic E-state index is 12.3. The molecule has 98 valence electrons. The predicted molar refractivity (Wildman–Crippen MR) is 76.0 cm³/mol. The van der Waals surface area contributed by atoms with E-state index >= 15 is 0 Å². The van der Waals surface area contributed by atoms with E-state index in [1.165, 1.54) is 0 Å². The molecule has 1 heterocycles. The number of hydrogen-bond donors (Lipinski definition) is 2. The van der Waals surface area contributed by atoms with Crippen molar-refractivity contribution in [3.05, 3.63) is 53.7 Å². The highest BCUT2D eigenvalue weighted by Crippen LogP contribution is 2.16. The van der Waals surface area contributed by atoms with Gasteiger partial charge >= 0.3 is 0 Å². The van der Waals surface area contributed by atoms with Crippen molar-refractivity contribution >= 4 is 17.4 Å². The van der Waals surface area contributed by atoms with Gasteiger partial charge in [-0.2, -0.15) is 0 Å². The second-order valence-electron chi connectivity index (χ2n) is 4.26. The quantitative estimate of drug-likeness (QED) is 0.650. The first-order valence-electron chi connectivity index (χ1n) is 5.90. The molecule has 0 aliphatic carbocycles. The molecular weight excluding hydrogens is 240 g/mol. The zero-order chi connectivity index (χ0) is 13.8. The van der Waals surface area contributed by atoms with Crippen LogP contribution in [-0.2, 0) is 0 Å². The van der Waals surface area contributed by atoms with Gasteiger partial charge in [-0.25, -0.2) is 10.8 Å². The number of carbonyl (C=O) groups is 1. The molecule has 0 fully saturated rings. The summed E-state index contributed by atoms with van der Waals surface area (Å²) in [5.41, 5.74) is 4.71. The van der Waals surface area contributed by atoms with E-state index < -0.39 is 0 Å². The van der Waals surface area contributed by atoms with E-state index in [4.69, 9.17) is 5.84 Å². The molecule has 5 heteroatoms. The molecule has 1 aromatic heterocycles. The zero-order valence-corrected chi connectivity index (χ0v) is 10.9. The Kier molecular flexibility index (Phi) is 3.77. The summed E-state index contributed by atoms with van der Waals surface area (Å²) in [6.07, 6.45) is 0. The topological polar surface area (TPSA) is 71.2 Å². The Morgan fingerprint density at radius 3 is 2.68 bits per heavy atom. The number of nitrogens with zero attached hydrogens (tertiary/aromatic N) is 2. The number of aromatic nitrogens is 1. The summed E-state index contributed by atoms with van der Waals surface area (Å²) in [5, 5.41) is 0. The van der Waals surface area contributed by atoms with Crippen LogP contribution in [0, 0.1) is 6.92 Å². The fraction of sp³-hybridized carbons (Fsp3) is 0.143. The molecule has 1 amide bonds. The van der Waals surface area contributed by atoms with Gasteiger partial charge in [0.2, 0.25) is 0 Å². The first-order chi connectivity index (χ1) is 9.11. The minimum Gasteiger partial charge on any atom is -0.310 e. The third-order valence-electron chi connectivity index (χ3n) is 2.81. The third-order valence-corrected chi connectivity index (χ3v) is 2.81. The maximum absolute atomic E-state index is 12.3. The van der Waals surface area contributed by atoms with Crippen LogP contribution in [-0.4, -0.2) is 17.9 Å². The highest BCUT2D eigenvalue weighted by Gasteiger charge is 2.15. The van der Waals surface area contributed by atoms with Crippen molar-refractivity contribution in [3.63, 3.8) is 0 Å². The van der Waals surface area contributed by atoms with E-state index in [1.807, 2.05) is 31.2 Å². The summed E-state index contributed by atoms with van der Waals surface area (Å²) >= 11 is 0. The number of nitrogen functional groups attached to an aromatic ring is 1. The lowest BCUT2D eigenvalue weighted by atomic mass is 10.2. The molecule has 0 atom stereocenters. The number of pyridine rings is 1. The summed E-state index contributed by atoms with van der Waals surface area (Å²) in [4.78, 5) is 18.0. The SMILES string of the molecule is Cc1cccc(N(C)C(=O)c2cccc(NN)n2)c1. The van der Waals surface area contributed by atoms with Gasteiger partial charge in [0.25, 0.3) is 5.91 Å². The number of carbonyl (C=O) groups excluding carboxylic acids is 1. The maximum Gasteiger partial charge on any atom is 0.276 e. The summed E-state index contributed by atoms with van der Waals surface area (Å²) in [5.74, 6) is 5.57. The Balaban J connectivity index is 2.28. The number of rotatable bonds is 3. The smallest absolute Gasteiger partial charge is 0.276 e. The van der Waals surface area contributed by atoms with Crippen LogP contribution in [0.2, 0.25) is 0 Å². The summed E-state index contributed by atoms with van der Waals surface area (Å²) < 4.78 is 0. The normalized spacial score (nSPS) is 10.1. The van der Waals surface area contributed by atoms with Gasteiger partial charge in [0.15, 0.2) is 0 Å². The molecule has 0 spiro atoms. The van der Waals surface area contributed by atoms with E-state index in [0.717, 1.165) is 11.3 Å². The number of amides is 1. The molecule has 2 aromatic rings. The van der Waals surface area contributed by atoms with Crippen LogP contribution < -0.4 is 16.2 Å². The van der Waals surface area contributed by atoms with Crippen LogP contribution in [0.1, 0.15) is 16.1 Å². The molecule has 0 aliphatic heterocycles. The Morgan fingerprint density at radius 1 is 1.26 bits per heavy atom. The Hall–Kier alpha value is -2.40. The van der Waals surface area contributed by atoms with Crippen LogP contribution in [0.15, 0.2) is 42.5 Å². The molecule has 0 bridgehead atoms. The number of hydrazine groups is 1. The Morgan fingerprint density at radius 2 is 2.00 bits per heavy atom. The van der Waals surface area contributed by atoms with Crippen LogP contribution in [0.3, 0.4) is 0 Å². The predicted octanol–water partition coefficient (Wildman–Crippen LogP) is 1.95. The van der Waals surface area contributed by atoms with Gasteiger partial charge in [0.05, 0.1) is 0 Å².